The molecule has 0 spiro atoms. The van der Waals surface area contributed by atoms with E-state index >= 15 is 0 Å². The van der Waals surface area contributed by atoms with Crippen LogP contribution < -0.4 is 10.6 Å². The summed E-state index contributed by atoms with van der Waals surface area (Å²) in [5, 5.41) is 6.05. The van der Waals surface area contributed by atoms with Gasteiger partial charge in [-0.1, -0.05) is 13.0 Å². The number of hydrogen-bond acceptors (Lipinski definition) is 3. The van der Waals surface area contributed by atoms with E-state index in [9.17, 15) is 4.79 Å². The summed E-state index contributed by atoms with van der Waals surface area (Å²) in [7, 11) is 0. The molecule has 17 heavy (non-hydrogen) atoms. The quantitative estimate of drug-likeness (QED) is 0.794. The van der Waals surface area contributed by atoms with Gasteiger partial charge >= 0.3 is 0 Å². The lowest BCUT2D eigenvalue weighted by Crippen LogP contribution is -2.32. The van der Waals surface area contributed by atoms with Crippen LogP contribution in [0.15, 0.2) is 18.3 Å². The fraction of sp³-hybridized carbons (Fsp3) is 0.538. The minimum absolute atomic E-state index is 0.0824. The van der Waals surface area contributed by atoms with Gasteiger partial charge in [-0.25, -0.2) is 4.98 Å². The van der Waals surface area contributed by atoms with Gasteiger partial charge in [0.15, 0.2) is 0 Å². The van der Waals surface area contributed by atoms with E-state index < -0.39 is 0 Å². The monoisotopic (exact) mass is 235 g/mol. The Balaban J connectivity index is 2.23. The lowest BCUT2D eigenvalue weighted by atomic mass is 10.2. The molecular formula is C13H21N3O. The normalized spacial score (nSPS) is 11.9. The Kier molecular flexibility index (Phi) is 5.46. The van der Waals surface area contributed by atoms with E-state index in [1.54, 1.807) is 0 Å². The number of aryl methyl sites for hydroxylation is 1. The van der Waals surface area contributed by atoms with Crippen LogP contribution in [0.5, 0.6) is 0 Å². The lowest BCUT2D eigenvalue weighted by molar-refractivity contribution is -0.121. The molecule has 1 unspecified atom stereocenters. The van der Waals surface area contributed by atoms with Crippen LogP contribution in [0.4, 0.5) is 5.82 Å². The van der Waals surface area contributed by atoms with E-state index in [0.29, 0.717) is 13.0 Å². The lowest BCUT2D eigenvalue weighted by Gasteiger charge is -2.11. The summed E-state index contributed by atoms with van der Waals surface area (Å²) in [6.45, 7) is 6.67. The zero-order valence-corrected chi connectivity index (χ0v) is 10.8. The SMILES string of the molecule is CCC(C)NC(=O)CCNc1ccc(C)cn1. The molecule has 1 heterocycles. The van der Waals surface area contributed by atoms with Crippen LogP contribution in [0.25, 0.3) is 0 Å². The Bertz CT molecular complexity index is 348. The summed E-state index contributed by atoms with van der Waals surface area (Å²) in [6, 6.07) is 4.16. The number of pyridine rings is 1. The molecule has 0 fully saturated rings. The molecule has 1 rings (SSSR count). The summed E-state index contributed by atoms with van der Waals surface area (Å²) >= 11 is 0. The largest absolute Gasteiger partial charge is 0.370 e. The highest BCUT2D eigenvalue weighted by atomic mass is 16.1. The minimum Gasteiger partial charge on any atom is -0.370 e. The minimum atomic E-state index is 0.0824. The Morgan fingerprint density at radius 1 is 1.47 bits per heavy atom. The maximum absolute atomic E-state index is 11.5. The van der Waals surface area contributed by atoms with Gasteiger partial charge in [0.25, 0.3) is 0 Å². The van der Waals surface area contributed by atoms with Crippen molar-refractivity contribution in [1.29, 1.82) is 0 Å². The predicted molar refractivity (Wildman–Crippen MR) is 70.0 cm³/mol. The first kappa shape index (κ1) is 13.5. The van der Waals surface area contributed by atoms with Gasteiger partial charge in [-0.2, -0.15) is 0 Å². The Morgan fingerprint density at radius 3 is 2.82 bits per heavy atom. The number of hydrogen-bond donors (Lipinski definition) is 2. The van der Waals surface area contributed by atoms with Crippen molar-refractivity contribution in [3.63, 3.8) is 0 Å². The number of carbonyl (C=O) groups is 1. The maximum Gasteiger partial charge on any atom is 0.221 e. The molecule has 1 aromatic heterocycles. The van der Waals surface area contributed by atoms with Gasteiger partial charge in [0.05, 0.1) is 0 Å². The molecule has 0 aromatic carbocycles. The van der Waals surface area contributed by atoms with Crippen LogP contribution >= 0.6 is 0 Å². The zero-order chi connectivity index (χ0) is 12.7. The van der Waals surface area contributed by atoms with E-state index in [1.165, 1.54) is 0 Å². The molecule has 0 saturated carbocycles. The molecule has 0 bridgehead atoms. The average molecular weight is 235 g/mol. The van der Waals surface area contributed by atoms with Gasteiger partial charge in [-0.15, -0.1) is 0 Å². The topological polar surface area (TPSA) is 54.0 Å². The second-order valence-corrected chi connectivity index (χ2v) is 4.27. The third-order valence-electron chi connectivity index (χ3n) is 2.59. The fourth-order valence-electron chi connectivity index (χ4n) is 1.33. The summed E-state index contributed by atoms with van der Waals surface area (Å²) < 4.78 is 0. The summed E-state index contributed by atoms with van der Waals surface area (Å²) in [5.41, 5.74) is 1.13. The van der Waals surface area contributed by atoms with Gasteiger partial charge in [-0.3, -0.25) is 4.79 Å². The number of anilines is 1. The van der Waals surface area contributed by atoms with Crippen molar-refractivity contribution in [2.75, 3.05) is 11.9 Å². The molecule has 2 N–H and O–H groups in total. The number of amides is 1. The Morgan fingerprint density at radius 2 is 2.24 bits per heavy atom. The molecule has 1 atom stereocenters. The smallest absolute Gasteiger partial charge is 0.221 e. The first-order valence-corrected chi connectivity index (χ1v) is 6.07. The van der Waals surface area contributed by atoms with E-state index in [4.69, 9.17) is 0 Å². The van der Waals surface area contributed by atoms with E-state index in [-0.39, 0.29) is 11.9 Å². The third kappa shape index (κ3) is 5.33. The van der Waals surface area contributed by atoms with E-state index in [2.05, 4.69) is 22.5 Å². The van der Waals surface area contributed by atoms with Crippen LogP contribution in [-0.2, 0) is 4.79 Å². The highest BCUT2D eigenvalue weighted by Gasteiger charge is 2.04. The van der Waals surface area contributed by atoms with Crippen molar-refractivity contribution < 1.29 is 4.79 Å². The van der Waals surface area contributed by atoms with Crippen molar-refractivity contribution in [1.82, 2.24) is 10.3 Å². The van der Waals surface area contributed by atoms with Crippen LogP contribution in [0, 0.1) is 6.92 Å². The predicted octanol–water partition coefficient (Wildman–Crippen LogP) is 2.11. The summed E-state index contributed by atoms with van der Waals surface area (Å²) in [5.74, 6) is 0.894. The van der Waals surface area contributed by atoms with E-state index in [1.807, 2.05) is 32.2 Å². The van der Waals surface area contributed by atoms with Gasteiger partial charge in [0, 0.05) is 25.2 Å². The first-order valence-electron chi connectivity index (χ1n) is 6.07. The highest BCUT2D eigenvalue weighted by Crippen LogP contribution is 2.03. The standard InChI is InChI=1S/C13H21N3O/c1-4-11(3)16-13(17)7-8-14-12-6-5-10(2)9-15-12/h5-6,9,11H,4,7-8H2,1-3H3,(H,14,15)(H,16,17). The van der Waals surface area contributed by atoms with Gasteiger partial charge in [0.1, 0.15) is 5.82 Å². The molecule has 0 saturated heterocycles. The molecular weight excluding hydrogens is 214 g/mol. The van der Waals surface area contributed by atoms with Crippen LogP contribution in [-0.4, -0.2) is 23.5 Å². The molecule has 0 aliphatic heterocycles. The van der Waals surface area contributed by atoms with Crippen molar-refractivity contribution in [3.8, 4) is 0 Å². The molecule has 0 radical (unpaired) electrons. The number of aromatic nitrogens is 1. The van der Waals surface area contributed by atoms with Crippen LogP contribution in [0.2, 0.25) is 0 Å². The first-order chi connectivity index (χ1) is 8.11. The molecule has 1 amide bonds. The number of nitrogens with zero attached hydrogens (tertiary/aromatic N) is 1. The fourth-order valence-corrected chi connectivity index (χ4v) is 1.33. The summed E-state index contributed by atoms with van der Waals surface area (Å²) in [6.07, 6.45) is 3.24. The average Bonchev–Trinajstić information content (AvgIpc) is 2.31. The molecule has 1 aromatic rings. The van der Waals surface area contributed by atoms with Crippen molar-refractivity contribution in [3.05, 3.63) is 23.9 Å². The van der Waals surface area contributed by atoms with Gasteiger partial charge in [-0.05, 0) is 31.9 Å². The Hall–Kier alpha value is -1.58. The van der Waals surface area contributed by atoms with E-state index in [0.717, 1.165) is 17.8 Å². The molecule has 0 aliphatic rings. The zero-order valence-electron chi connectivity index (χ0n) is 10.8. The molecule has 94 valence electrons. The van der Waals surface area contributed by atoms with Crippen LogP contribution in [0.1, 0.15) is 32.3 Å². The second kappa shape index (κ2) is 6.89. The van der Waals surface area contributed by atoms with Crippen molar-refractivity contribution in [2.45, 2.75) is 39.7 Å². The van der Waals surface area contributed by atoms with Gasteiger partial charge in [0.2, 0.25) is 5.91 Å². The molecule has 4 nitrogen and oxygen atoms in total. The molecule has 0 aliphatic carbocycles. The van der Waals surface area contributed by atoms with Crippen LogP contribution in [0.3, 0.4) is 0 Å². The summed E-state index contributed by atoms with van der Waals surface area (Å²) in [4.78, 5) is 15.7. The number of nitrogens with one attached hydrogen (secondary N) is 2. The van der Waals surface area contributed by atoms with Gasteiger partial charge < -0.3 is 10.6 Å². The number of rotatable bonds is 6. The number of carbonyl (C=O) groups excluding carboxylic acids is 1. The molecule has 4 heteroatoms. The second-order valence-electron chi connectivity index (χ2n) is 4.27. The highest BCUT2D eigenvalue weighted by molar-refractivity contribution is 5.76. The van der Waals surface area contributed by atoms with Crippen molar-refractivity contribution >= 4 is 11.7 Å². The maximum atomic E-state index is 11.5. The Labute approximate surface area is 103 Å². The third-order valence-corrected chi connectivity index (χ3v) is 2.59. The van der Waals surface area contributed by atoms with Crippen molar-refractivity contribution in [2.24, 2.45) is 0 Å².